The van der Waals surface area contributed by atoms with Crippen molar-refractivity contribution >= 4 is 33.3 Å². The number of aromatic nitrogens is 3. The fraction of sp³-hybridized carbons (Fsp3) is 0.450. The largest absolute Gasteiger partial charge is 0.304 e. The second kappa shape index (κ2) is 8.29. The van der Waals surface area contributed by atoms with Gasteiger partial charge in [0.2, 0.25) is 0 Å². The summed E-state index contributed by atoms with van der Waals surface area (Å²) in [6.07, 6.45) is 0.892. The maximum Gasteiger partial charge on any atom is 0.281 e. The summed E-state index contributed by atoms with van der Waals surface area (Å²) in [5.74, 6) is 0.814. The van der Waals surface area contributed by atoms with Crippen molar-refractivity contribution in [1.82, 2.24) is 24.3 Å². The first-order chi connectivity index (χ1) is 13.6. The Morgan fingerprint density at radius 3 is 2.54 bits per heavy atom. The number of thiazole rings is 1. The number of piperazine rings is 1. The molecule has 0 N–H and O–H groups in total. The highest BCUT2D eigenvalue weighted by molar-refractivity contribution is 7.21. The van der Waals surface area contributed by atoms with Crippen LogP contribution >= 0.6 is 22.9 Å². The van der Waals surface area contributed by atoms with Crippen molar-refractivity contribution in [3.05, 3.63) is 56.5 Å². The van der Waals surface area contributed by atoms with E-state index in [0.717, 1.165) is 44.0 Å². The monoisotopic (exact) mass is 417 g/mol. The van der Waals surface area contributed by atoms with E-state index in [1.807, 2.05) is 30.3 Å². The smallest absolute Gasteiger partial charge is 0.281 e. The molecule has 148 valence electrons. The Hall–Kier alpha value is -1.80. The van der Waals surface area contributed by atoms with Crippen molar-refractivity contribution in [1.29, 1.82) is 0 Å². The quantitative estimate of drug-likeness (QED) is 0.637. The van der Waals surface area contributed by atoms with Gasteiger partial charge in [0.05, 0.1) is 12.6 Å². The zero-order valence-corrected chi connectivity index (χ0v) is 17.7. The maximum atomic E-state index is 13.3. The number of hydrogen-bond donors (Lipinski definition) is 0. The van der Waals surface area contributed by atoms with E-state index in [1.54, 1.807) is 4.57 Å². The average molecular weight is 418 g/mol. The number of rotatable bonds is 5. The summed E-state index contributed by atoms with van der Waals surface area (Å²) in [5.41, 5.74) is 1.32. The predicted octanol–water partition coefficient (Wildman–Crippen LogP) is 3.25. The number of fused-ring (bicyclic) bond motifs is 1. The van der Waals surface area contributed by atoms with E-state index >= 15 is 0 Å². The molecular weight excluding hydrogens is 394 g/mol. The molecule has 6 nitrogen and oxygen atoms in total. The minimum Gasteiger partial charge on any atom is -0.304 e. The van der Waals surface area contributed by atoms with Crippen LogP contribution in [0.4, 0.5) is 0 Å². The van der Waals surface area contributed by atoms with Gasteiger partial charge in [-0.05, 0) is 19.0 Å². The van der Waals surface area contributed by atoms with E-state index in [0.29, 0.717) is 21.4 Å². The molecule has 2 aromatic heterocycles. The molecule has 8 heteroatoms. The van der Waals surface area contributed by atoms with E-state index in [1.165, 1.54) is 11.3 Å². The third-order valence-corrected chi connectivity index (χ3v) is 6.42. The lowest BCUT2D eigenvalue weighted by Crippen LogP contribution is -2.47. The van der Waals surface area contributed by atoms with E-state index in [-0.39, 0.29) is 11.6 Å². The lowest BCUT2D eigenvalue weighted by Gasteiger charge is -2.37. The van der Waals surface area contributed by atoms with Crippen LogP contribution in [0.15, 0.2) is 35.1 Å². The lowest BCUT2D eigenvalue weighted by atomic mass is 10.1. The van der Waals surface area contributed by atoms with Gasteiger partial charge in [0.25, 0.3) is 5.56 Å². The van der Waals surface area contributed by atoms with E-state index < -0.39 is 0 Å². The van der Waals surface area contributed by atoms with E-state index in [9.17, 15) is 4.79 Å². The summed E-state index contributed by atoms with van der Waals surface area (Å²) in [5, 5.41) is 0. The third kappa shape index (κ3) is 3.85. The minimum atomic E-state index is -0.111. The molecule has 0 amide bonds. The normalized spacial score (nSPS) is 17.2. The number of nitrogens with zero attached hydrogens (tertiary/aromatic N) is 5. The van der Waals surface area contributed by atoms with Gasteiger partial charge in [-0.2, -0.15) is 0 Å². The molecule has 3 aromatic rings. The molecule has 0 bridgehead atoms. The van der Waals surface area contributed by atoms with Gasteiger partial charge < -0.3 is 4.90 Å². The third-order valence-electron chi connectivity index (χ3n) is 5.37. The second-order valence-electron chi connectivity index (χ2n) is 7.23. The fourth-order valence-electron chi connectivity index (χ4n) is 3.81. The van der Waals surface area contributed by atoms with Gasteiger partial charge in [-0.25, -0.2) is 9.97 Å². The summed E-state index contributed by atoms with van der Waals surface area (Å²) < 4.78 is 2.15. The summed E-state index contributed by atoms with van der Waals surface area (Å²) in [4.78, 5) is 27.8. The molecule has 0 radical (unpaired) electrons. The van der Waals surface area contributed by atoms with Crippen molar-refractivity contribution in [3.63, 3.8) is 0 Å². The second-order valence-corrected chi connectivity index (χ2v) is 8.79. The molecule has 1 saturated heterocycles. The molecule has 0 saturated carbocycles. The Morgan fingerprint density at radius 1 is 1.14 bits per heavy atom. The number of benzene rings is 1. The molecule has 1 unspecified atom stereocenters. The zero-order chi connectivity index (χ0) is 19.7. The molecule has 1 aromatic carbocycles. The highest BCUT2D eigenvalue weighted by atomic mass is 35.5. The minimum absolute atomic E-state index is 0.0930. The van der Waals surface area contributed by atoms with Crippen LogP contribution in [-0.2, 0) is 6.54 Å². The van der Waals surface area contributed by atoms with Crippen LogP contribution in [-0.4, -0.2) is 57.6 Å². The Bertz CT molecular complexity index is 1010. The Balaban J connectivity index is 1.82. The molecule has 1 aliphatic heterocycles. The van der Waals surface area contributed by atoms with Gasteiger partial charge in [-0.1, -0.05) is 60.2 Å². The Morgan fingerprint density at radius 2 is 1.86 bits per heavy atom. The van der Waals surface area contributed by atoms with Gasteiger partial charge in [0, 0.05) is 26.2 Å². The predicted molar refractivity (Wildman–Crippen MR) is 114 cm³/mol. The van der Waals surface area contributed by atoms with Crippen LogP contribution in [0, 0.1) is 0 Å². The molecule has 28 heavy (non-hydrogen) atoms. The standard InChI is InChI=1S/C20H24ClN5OS/c1-3-15(25-11-9-24(2)10-12-25)17-23-18-16(22-20(21)28-18)19(27)26(17)13-14-7-5-4-6-8-14/h4-8,15H,3,9-13H2,1-2H3. The van der Waals surface area contributed by atoms with Crippen LogP contribution < -0.4 is 5.56 Å². The summed E-state index contributed by atoms with van der Waals surface area (Å²) in [6.45, 7) is 6.63. The van der Waals surface area contributed by atoms with Gasteiger partial charge in [-0.15, -0.1) is 0 Å². The van der Waals surface area contributed by atoms with Crippen LogP contribution in [0.1, 0.15) is 30.8 Å². The topological polar surface area (TPSA) is 54.3 Å². The maximum absolute atomic E-state index is 13.3. The van der Waals surface area contributed by atoms with Gasteiger partial charge in [0.15, 0.2) is 14.8 Å². The highest BCUT2D eigenvalue weighted by Crippen LogP contribution is 2.28. The molecule has 1 fully saturated rings. The average Bonchev–Trinajstić information content (AvgIpc) is 3.08. The van der Waals surface area contributed by atoms with Crippen LogP contribution in [0.2, 0.25) is 4.47 Å². The Labute approximate surface area is 173 Å². The zero-order valence-electron chi connectivity index (χ0n) is 16.1. The Kier molecular flexibility index (Phi) is 5.78. The first-order valence-electron chi connectivity index (χ1n) is 9.60. The van der Waals surface area contributed by atoms with Crippen molar-refractivity contribution in [2.45, 2.75) is 25.9 Å². The summed E-state index contributed by atoms with van der Waals surface area (Å²) in [7, 11) is 2.15. The molecular formula is C20H24ClN5OS. The van der Waals surface area contributed by atoms with Gasteiger partial charge in [-0.3, -0.25) is 14.3 Å². The first-order valence-corrected chi connectivity index (χ1v) is 10.8. The summed E-state index contributed by atoms with van der Waals surface area (Å²) >= 11 is 7.37. The first kappa shape index (κ1) is 19.5. The van der Waals surface area contributed by atoms with Gasteiger partial charge in [0.1, 0.15) is 5.82 Å². The van der Waals surface area contributed by atoms with E-state index in [2.05, 4.69) is 28.8 Å². The highest BCUT2D eigenvalue weighted by Gasteiger charge is 2.28. The molecule has 0 spiro atoms. The summed E-state index contributed by atoms with van der Waals surface area (Å²) in [6, 6.07) is 10.1. The van der Waals surface area contributed by atoms with Crippen molar-refractivity contribution in [2.75, 3.05) is 33.2 Å². The van der Waals surface area contributed by atoms with Crippen LogP contribution in [0.5, 0.6) is 0 Å². The molecule has 1 atom stereocenters. The number of halogens is 1. The molecule has 0 aliphatic carbocycles. The van der Waals surface area contributed by atoms with E-state index in [4.69, 9.17) is 16.6 Å². The van der Waals surface area contributed by atoms with Crippen molar-refractivity contribution in [3.8, 4) is 0 Å². The molecule has 4 rings (SSSR count). The van der Waals surface area contributed by atoms with Crippen LogP contribution in [0.3, 0.4) is 0 Å². The van der Waals surface area contributed by atoms with Crippen molar-refractivity contribution < 1.29 is 0 Å². The fourth-order valence-corrected chi connectivity index (χ4v) is 4.78. The van der Waals surface area contributed by atoms with Crippen molar-refractivity contribution in [2.24, 2.45) is 0 Å². The molecule has 3 heterocycles. The van der Waals surface area contributed by atoms with Gasteiger partial charge >= 0.3 is 0 Å². The van der Waals surface area contributed by atoms with Crippen LogP contribution in [0.25, 0.3) is 10.3 Å². The SMILES string of the molecule is CCC(c1nc2sc(Cl)nc2c(=O)n1Cc1ccccc1)N1CCN(C)CC1. The number of likely N-dealkylation sites (N-methyl/N-ethyl adjacent to an activating group) is 1. The lowest BCUT2D eigenvalue weighted by molar-refractivity contribution is 0.103. The number of hydrogen-bond acceptors (Lipinski definition) is 6. The molecule has 1 aliphatic rings.